The molecule has 0 bridgehead atoms. The maximum atomic E-state index is 11.5. The molecule has 0 spiro atoms. The van der Waals surface area contributed by atoms with Crippen LogP contribution < -0.4 is 5.32 Å². The lowest BCUT2D eigenvalue weighted by Gasteiger charge is -2.27. The van der Waals surface area contributed by atoms with E-state index in [2.05, 4.69) is 10.2 Å². The number of nitrogens with one attached hydrogen (secondary N) is 1. The Morgan fingerprint density at radius 1 is 1.38 bits per heavy atom. The highest BCUT2D eigenvalue weighted by Gasteiger charge is 2.19. The summed E-state index contributed by atoms with van der Waals surface area (Å²) in [6.07, 6.45) is 4.79. The minimum atomic E-state index is -0.142. The van der Waals surface area contributed by atoms with Gasteiger partial charge in [0.2, 0.25) is 0 Å². The van der Waals surface area contributed by atoms with Gasteiger partial charge in [0.15, 0.2) is 0 Å². The zero-order chi connectivity index (χ0) is 11.8. The Balaban J connectivity index is 2.27. The van der Waals surface area contributed by atoms with Crippen molar-refractivity contribution in [2.75, 3.05) is 33.3 Å². The summed E-state index contributed by atoms with van der Waals surface area (Å²) in [4.78, 5) is 13.9. The maximum absolute atomic E-state index is 11.5. The molecule has 4 nitrogen and oxygen atoms in total. The molecule has 0 aromatic rings. The topological polar surface area (TPSA) is 41.6 Å². The number of nitrogens with zero attached hydrogens (tertiary/aromatic N) is 1. The smallest absolute Gasteiger partial charge is 0.322 e. The fraction of sp³-hybridized carbons (Fsp3) is 0.917. The van der Waals surface area contributed by atoms with Gasteiger partial charge < -0.3 is 15.0 Å². The highest BCUT2D eigenvalue weighted by Crippen LogP contribution is 2.09. The standard InChI is InChI=1S/C12H24N2O2/c1-3-13-11(12(15)16-2)7-10-14-8-5-4-6-9-14/h11,13H,3-10H2,1-2H3. The molecule has 1 aliphatic rings. The van der Waals surface area contributed by atoms with Crippen molar-refractivity contribution in [2.45, 2.75) is 38.6 Å². The van der Waals surface area contributed by atoms with Gasteiger partial charge in [-0.2, -0.15) is 0 Å². The van der Waals surface area contributed by atoms with Crippen molar-refractivity contribution in [3.8, 4) is 0 Å². The Hall–Kier alpha value is -0.610. The second kappa shape index (κ2) is 7.63. The number of hydrogen-bond donors (Lipinski definition) is 1. The molecule has 1 unspecified atom stereocenters. The van der Waals surface area contributed by atoms with Crippen LogP contribution in [0, 0.1) is 0 Å². The van der Waals surface area contributed by atoms with E-state index in [1.165, 1.54) is 39.5 Å². The molecule has 1 atom stereocenters. The minimum Gasteiger partial charge on any atom is -0.468 e. The summed E-state index contributed by atoms with van der Waals surface area (Å²) < 4.78 is 4.78. The van der Waals surface area contributed by atoms with E-state index in [0.29, 0.717) is 0 Å². The van der Waals surface area contributed by atoms with Gasteiger partial charge in [0.25, 0.3) is 0 Å². The highest BCUT2D eigenvalue weighted by molar-refractivity contribution is 5.75. The first-order valence-electron chi connectivity index (χ1n) is 6.31. The number of ether oxygens (including phenoxy) is 1. The average molecular weight is 228 g/mol. The normalized spacial score (nSPS) is 19.4. The second-order valence-electron chi connectivity index (χ2n) is 4.32. The average Bonchev–Trinajstić information content (AvgIpc) is 2.34. The number of rotatable bonds is 6. The van der Waals surface area contributed by atoms with Crippen molar-refractivity contribution in [1.82, 2.24) is 10.2 Å². The van der Waals surface area contributed by atoms with E-state index in [-0.39, 0.29) is 12.0 Å². The van der Waals surface area contributed by atoms with E-state index in [0.717, 1.165) is 19.5 Å². The van der Waals surface area contributed by atoms with Crippen molar-refractivity contribution >= 4 is 5.97 Å². The largest absolute Gasteiger partial charge is 0.468 e. The van der Waals surface area contributed by atoms with Crippen molar-refractivity contribution in [3.05, 3.63) is 0 Å². The number of methoxy groups -OCH3 is 1. The Morgan fingerprint density at radius 2 is 2.06 bits per heavy atom. The van der Waals surface area contributed by atoms with E-state index in [9.17, 15) is 4.79 Å². The highest BCUT2D eigenvalue weighted by atomic mass is 16.5. The van der Waals surface area contributed by atoms with Crippen LogP contribution in [0.3, 0.4) is 0 Å². The van der Waals surface area contributed by atoms with Gasteiger partial charge in [0, 0.05) is 6.54 Å². The number of esters is 1. The van der Waals surface area contributed by atoms with E-state index in [1.54, 1.807) is 0 Å². The van der Waals surface area contributed by atoms with E-state index < -0.39 is 0 Å². The number of likely N-dealkylation sites (N-methyl/N-ethyl adjacent to an activating group) is 1. The molecule has 94 valence electrons. The fourth-order valence-electron chi connectivity index (χ4n) is 2.19. The van der Waals surface area contributed by atoms with Crippen LogP contribution in [0.1, 0.15) is 32.6 Å². The van der Waals surface area contributed by atoms with Crippen molar-refractivity contribution in [1.29, 1.82) is 0 Å². The van der Waals surface area contributed by atoms with Crippen LogP contribution in [0.2, 0.25) is 0 Å². The molecule has 1 fully saturated rings. The molecule has 1 N–H and O–H groups in total. The van der Waals surface area contributed by atoms with Crippen LogP contribution in [0.15, 0.2) is 0 Å². The van der Waals surface area contributed by atoms with Crippen LogP contribution in [-0.2, 0) is 9.53 Å². The Bertz CT molecular complexity index is 203. The molecule has 0 aliphatic carbocycles. The molecule has 0 radical (unpaired) electrons. The van der Waals surface area contributed by atoms with Crippen LogP contribution in [0.5, 0.6) is 0 Å². The minimum absolute atomic E-state index is 0.140. The van der Waals surface area contributed by atoms with Gasteiger partial charge in [-0.1, -0.05) is 13.3 Å². The number of piperidine rings is 1. The number of hydrogen-bond acceptors (Lipinski definition) is 4. The van der Waals surface area contributed by atoms with Crippen molar-refractivity contribution < 1.29 is 9.53 Å². The van der Waals surface area contributed by atoms with E-state index in [1.807, 2.05) is 6.92 Å². The lowest BCUT2D eigenvalue weighted by molar-refractivity contribution is -0.143. The number of carbonyl (C=O) groups is 1. The van der Waals surface area contributed by atoms with Crippen LogP contribution in [0.25, 0.3) is 0 Å². The van der Waals surface area contributed by atoms with Crippen molar-refractivity contribution in [2.24, 2.45) is 0 Å². The quantitative estimate of drug-likeness (QED) is 0.689. The SMILES string of the molecule is CCNC(CCN1CCCCC1)C(=O)OC. The maximum Gasteiger partial charge on any atom is 0.322 e. The van der Waals surface area contributed by atoms with Gasteiger partial charge in [0.1, 0.15) is 6.04 Å². The third kappa shape index (κ3) is 4.49. The molecule has 1 heterocycles. The summed E-state index contributed by atoms with van der Waals surface area (Å²) in [5, 5.41) is 3.17. The molecule has 0 amide bonds. The first kappa shape index (κ1) is 13.5. The predicted molar refractivity (Wildman–Crippen MR) is 64.4 cm³/mol. The Labute approximate surface area is 98.3 Å². The van der Waals surface area contributed by atoms with Gasteiger partial charge in [-0.3, -0.25) is 4.79 Å². The monoisotopic (exact) mass is 228 g/mol. The summed E-state index contributed by atoms with van der Waals surface area (Å²) in [5.41, 5.74) is 0. The van der Waals surface area contributed by atoms with Gasteiger partial charge in [0.05, 0.1) is 7.11 Å². The fourth-order valence-corrected chi connectivity index (χ4v) is 2.19. The lowest BCUT2D eigenvalue weighted by atomic mass is 10.1. The third-order valence-electron chi connectivity index (χ3n) is 3.12. The van der Waals surface area contributed by atoms with Crippen LogP contribution in [0.4, 0.5) is 0 Å². The molecule has 1 aliphatic heterocycles. The zero-order valence-electron chi connectivity index (χ0n) is 10.5. The molecule has 16 heavy (non-hydrogen) atoms. The van der Waals surface area contributed by atoms with E-state index >= 15 is 0 Å². The molecular formula is C12H24N2O2. The summed E-state index contributed by atoms with van der Waals surface area (Å²) in [7, 11) is 1.45. The summed E-state index contributed by atoms with van der Waals surface area (Å²) in [6, 6.07) is -0.142. The molecule has 0 aromatic carbocycles. The zero-order valence-corrected chi connectivity index (χ0v) is 10.5. The molecule has 1 rings (SSSR count). The number of carbonyl (C=O) groups excluding carboxylic acids is 1. The van der Waals surface area contributed by atoms with Gasteiger partial charge in [-0.15, -0.1) is 0 Å². The number of likely N-dealkylation sites (tertiary alicyclic amines) is 1. The lowest BCUT2D eigenvalue weighted by Crippen LogP contribution is -2.41. The summed E-state index contributed by atoms with van der Waals surface area (Å²) in [5.74, 6) is -0.140. The second-order valence-corrected chi connectivity index (χ2v) is 4.32. The Kier molecular flexibility index (Phi) is 6.42. The van der Waals surface area contributed by atoms with Crippen molar-refractivity contribution in [3.63, 3.8) is 0 Å². The first-order chi connectivity index (χ1) is 7.77. The molecule has 4 heteroatoms. The van der Waals surface area contributed by atoms with Crippen LogP contribution >= 0.6 is 0 Å². The summed E-state index contributed by atoms with van der Waals surface area (Å²) in [6.45, 7) is 6.17. The third-order valence-corrected chi connectivity index (χ3v) is 3.12. The molecule has 0 saturated carbocycles. The Morgan fingerprint density at radius 3 is 2.62 bits per heavy atom. The van der Waals surface area contributed by atoms with Crippen LogP contribution in [-0.4, -0.2) is 50.2 Å². The van der Waals surface area contributed by atoms with Gasteiger partial charge in [-0.05, 0) is 38.9 Å². The van der Waals surface area contributed by atoms with Gasteiger partial charge >= 0.3 is 5.97 Å². The van der Waals surface area contributed by atoms with Gasteiger partial charge in [-0.25, -0.2) is 0 Å². The molecular weight excluding hydrogens is 204 g/mol. The first-order valence-corrected chi connectivity index (χ1v) is 6.31. The molecule has 1 saturated heterocycles. The predicted octanol–water partition coefficient (Wildman–Crippen LogP) is 1.01. The van der Waals surface area contributed by atoms with E-state index in [4.69, 9.17) is 4.74 Å². The summed E-state index contributed by atoms with van der Waals surface area (Å²) >= 11 is 0. The molecule has 0 aromatic heterocycles.